The van der Waals surface area contributed by atoms with Gasteiger partial charge in [0.25, 0.3) is 0 Å². The summed E-state index contributed by atoms with van der Waals surface area (Å²) in [7, 11) is 3.54. The van der Waals surface area contributed by atoms with Crippen LogP contribution in [-0.2, 0) is 9.53 Å². The van der Waals surface area contributed by atoms with E-state index in [1.807, 2.05) is 0 Å². The number of ether oxygens (including phenoxy) is 1. The normalized spacial score (nSPS) is 22.1. The van der Waals surface area contributed by atoms with Gasteiger partial charge in [0.1, 0.15) is 6.54 Å². The largest absolute Gasteiger partial charge is 0.378 e. The zero-order valence-electron chi connectivity index (χ0n) is 16.8. The summed E-state index contributed by atoms with van der Waals surface area (Å²) in [6.07, 6.45) is 12.9. The van der Waals surface area contributed by atoms with Gasteiger partial charge in [-0.1, -0.05) is 19.3 Å². The fourth-order valence-electron chi connectivity index (χ4n) is 3.67. The van der Waals surface area contributed by atoms with Gasteiger partial charge in [0, 0.05) is 33.8 Å². The maximum absolute atomic E-state index is 11.8. The van der Waals surface area contributed by atoms with E-state index in [0.717, 1.165) is 44.4 Å². The SMILES string of the molecule is CN(C)C(=O)CN=C(NCCCC1CCCCO1)NCC1CCCCC1. The number of amides is 1. The Labute approximate surface area is 159 Å². The second kappa shape index (κ2) is 12.2. The molecule has 2 fully saturated rings. The van der Waals surface area contributed by atoms with E-state index in [2.05, 4.69) is 15.6 Å². The maximum Gasteiger partial charge on any atom is 0.243 e. The molecule has 0 bridgehead atoms. The summed E-state index contributed by atoms with van der Waals surface area (Å²) in [6, 6.07) is 0. The molecule has 1 amide bonds. The lowest BCUT2D eigenvalue weighted by Gasteiger charge is -2.24. The average Bonchev–Trinajstić information content (AvgIpc) is 2.67. The van der Waals surface area contributed by atoms with E-state index in [0.29, 0.717) is 6.10 Å². The van der Waals surface area contributed by atoms with Gasteiger partial charge in [0.15, 0.2) is 5.96 Å². The first kappa shape index (κ1) is 21.0. The molecular weight excluding hydrogens is 328 g/mol. The van der Waals surface area contributed by atoms with Crippen molar-refractivity contribution >= 4 is 11.9 Å². The van der Waals surface area contributed by atoms with E-state index in [1.165, 1.54) is 51.4 Å². The van der Waals surface area contributed by atoms with E-state index in [-0.39, 0.29) is 12.5 Å². The number of hydrogen-bond donors (Lipinski definition) is 2. The number of nitrogens with zero attached hydrogens (tertiary/aromatic N) is 2. The lowest BCUT2D eigenvalue weighted by atomic mass is 9.89. The quantitative estimate of drug-likeness (QED) is 0.394. The molecule has 0 spiro atoms. The predicted octanol–water partition coefficient (Wildman–Crippen LogP) is 2.54. The molecule has 26 heavy (non-hydrogen) atoms. The van der Waals surface area contributed by atoms with Crippen LogP contribution >= 0.6 is 0 Å². The number of guanidine groups is 1. The lowest BCUT2D eigenvalue weighted by molar-refractivity contribution is -0.127. The van der Waals surface area contributed by atoms with Gasteiger partial charge in [-0.15, -0.1) is 0 Å². The maximum atomic E-state index is 11.8. The number of rotatable bonds is 8. The highest BCUT2D eigenvalue weighted by Crippen LogP contribution is 2.22. The van der Waals surface area contributed by atoms with Gasteiger partial charge in [-0.2, -0.15) is 0 Å². The molecule has 150 valence electrons. The van der Waals surface area contributed by atoms with E-state index >= 15 is 0 Å². The standard InChI is InChI=1S/C20H38N4O2/c1-24(2)19(25)16-23-20(22-15-17-9-4-3-5-10-17)21-13-8-12-18-11-6-7-14-26-18/h17-18H,3-16H2,1-2H3,(H2,21,22,23). The molecule has 2 N–H and O–H groups in total. The Hall–Kier alpha value is -1.30. The monoisotopic (exact) mass is 366 g/mol. The summed E-state index contributed by atoms with van der Waals surface area (Å²) in [4.78, 5) is 17.9. The molecule has 0 radical (unpaired) electrons. The van der Waals surface area contributed by atoms with Crippen LogP contribution in [0.25, 0.3) is 0 Å². The van der Waals surface area contributed by atoms with Crippen LogP contribution < -0.4 is 10.6 Å². The number of carbonyl (C=O) groups excluding carboxylic acids is 1. The second-order valence-corrected chi connectivity index (χ2v) is 7.90. The zero-order valence-corrected chi connectivity index (χ0v) is 16.8. The third-order valence-corrected chi connectivity index (χ3v) is 5.42. The molecule has 0 aromatic heterocycles. The second-order valence-electron chi connectivity index (χ2n) is 7.90. The van der Waals surface area contributed by atoms with Crippen LogP contribution in [0.2, 0.25) is 0 Å². The van der Waals surface area contributed by atoms with Crippen LogP contribution in [0.4, 0.5) is 0 Å². The van der Waals surface area contributed by atoms with Crippen molar-refractivity contribution in [3.05, 3.63) is 0 Å². The molecule has 1 aliphatic heterocycles. The molecule has 1 aliphatic carbocycles. The lowest BCUT2D eigenvalue weighted by Crippen LogP contribution is -2.41. The third kappa shape index (κ3) is 8.39. The van der Waals surface area contributed by atoms with Crippen molar-refractivity contribution < 1.29 is 9.53 Å². The van der Waals surface area contributed by atoms with Gasteiger partial charge in [-0.25, -0.2) is 4.99 Å². The van der Waals surface area contributed by atoms with Crippen LogP contribution in [0, 0.1) is 5.92 Å². The van der Waals surface area contributed by atoms with Crippen LogP contribution in [0.5, 0.6) is 0 Å². The average molecular weight is 367 g/mol. The Balaban J connectivity index is 1.73. The highest BCUT2D eigenvalue weighted by Gasteiger charge is 2.15. The minimum atomic E-state index is 0.0272. The zero-order chi connectivity index (χ0) is 18.6. The molecule has 1 saturated heterocycles. The minimum absolute atomic E-state index is 0.0272. The summed E-state index contributed by atoms with van der Waals surface area (Å²) in [5, 5.41) is 6.86. The first-order valence-electron chi connectivity index (χ1n) is 10.5. The van der Waals surface area contributed by atoms with Gasteiger partial charge in [0.05, 0.1) is 6.10 Å². The molecular formula is C20H38N4O2. The Kier molecular flexibility index (Phi) is 9.82. The van der Waals surface area contributed by atoms with Crippen molar-refractivity contribution in [2.45, 2.75) is 70.3 Å². The van der Waals surface area contributed by atoms with Crippen LogP contribution in [0.1, 0.15) is 64.2 Å². The van der Waals surface area contributed by atoms with Gasteiger partial charge >= 0.3 is 0 Å². The molecule has 2 aliphatic rings. The van der Waals surface area contributed by atoms with Crippen molar-refractivity contribution in [2.24, 2.45) is 10.9 Å². The van der Waals surface area contributed by atoms with E-state index < -0.39 is 0 Å². The van der Waals surface area contributed by atoms with E-state index in [1.54, 1.807) is 19.0 Å². The van der Waals surface area contributed by atoms with Crippen LogP contribution in [-0.4, -0.2) is 63.2 Å². The Morgan fingerprint density at radius 2 is 1.85 bits per heavy atom. The molecule has 1 atom stereocenters. The molecule has 0 aromatic carbocycles. The predicted molar refractivity (Wildman–Crippen MR) is 106 cm³/mol. The highest BCUT2D eigenvalue weighted by atomic mass is 16.5. The van der Waals surface area contributed by atoms with Gasteiger partial charge < -0.3 is 20.3 Å². The van der Waals surface area contributed by atoms with E-state index in [4.69, 9.17) is 4.74 Å². The number of nitrogens with one attached hydrogen (secondary N) is 2. The number of likely N-dealkylation sites (N-methyl/N-ethyl adjacent to an activating group) is 1. The number of carbonyl (C=O) groups is 1. The van der Waals surface area contributed by atoms with Gasteiger partial charge in [-0.3, -0.25) is 4.79 Å². The Bertz CT molecular complexity index is 428. The first-order valence-corrected chi connectivity index (χ1v) is 10.5. The minimum Gasteiger partial charge on any atom is -0.378 e. The summed E-state index contributed by atoms with van der Waals surface area (Å²) in [5.41, 5.74) is 0. The number of aliphatic imine (C=N–C) groups is 1. The Morgan fingerprint density at radius 3 is 2.54 bits per heavy atom. The van der Waals surface area contributed by atoms with Crippen molar-refractivity contribution in [3.63, 3.8) is 0 Å². The van der Waals surface area contributed by atoms with Crippen molar-refractivity contribution in [2.75, 3.05) is 40.3 Å². The van der Waals surface area contributed by atoms with Crippen molar-refractivity contribution in [3.8, 4) is 0 Å². The third-order valence-electron chi connectivity index (χ3n) is 5.42. The highest BCUT2D eigenvalue weighted by molar-refractivity contribution is 5.84. The van der Waals surface area contributed by atoms with Crippen LogP contribution in [0.3, 0.4) is 0 Å². The van der Waals surface area contributed by atoms with Crippen molar-refractivity contribution in [1.29, 1.82) is 0 Å². The van der Waals surface area contributed by atoms with Crippen LogP contribution in [0.15, 0.2) is 4.99 Å². The molecule has 6 nitrogen and oxygen atoms in total. The molecule has 1 saturated carbocycles. The van der Waals surface area contributed by atoms with Crippen molar-refractivity contribution in [1.82, 2.24) is 15.5 Å². The molecule has 2 rings (SSSR count). The summed E-state index contributed by atoms with van der Waals surface area (Å²) < 4.78 is 5.79. The van der Waals surface area contributed by atoms with E-state index in [9.17, 15) is 4.79 Å². The molecule has 1 heterocycles. The summed E-state index contributed by atoms with van der Waals surface area (Å²) >= 11 is 0. The molecule has 0 aromatic rings. The summed E-state index contributed by atoms with van der Waals surface area (Å²) in [6.45, 7) is 2.93. The molecule has 1 unspecified atom stereocenters. The van der Waals surface area contributed by atoms with Gasteiger partial charge in [0.2, 0.25) is 5.91 Å². The smallest absolute Gasteiger partial charge is 0.243 e. The Morgan fingerprint density at radius 1 is 1.08 bits per heavy atom. The fourth-order valence-corrected chi connectivity index (χ4v) is 3.67. The fraction of sp³-hybridized carbons (Fsp3) is 0.900. The van der Waals surface area contributed by atoms with Gasteiger partial charge in [-0.05, 0) is 50.9 Å². The first-order chi connectivity index (χ1) is 12.6. The summed E-state index contributed by atoms with van der Waals surface area (Å²) in [5.74, 6) is 1.53. The number of hydrogen-bond acceptors (Lipinski definition) is 3. The molecule has 6 heteroatoms. The topological polar surface area (TPSA) is 66.0 Å².